The van der Waals surface area contributed by atoms with Crippen LogP contribution >= 0.6 is 15.9 Å². The first-order chi connectivity index (χ1) is 10.8. The van der Waals surface area contributed by atoms with E-state index in [0.717, 1.165) is 30.2 Å². The summed E-state index contributed by atoms with van der Waals surface area (Å²) in [5.74, 6) is -0.132. The van der Waals surface area contributed by atoms with Crippen molar-refractivity contribution in [2.45, 2.75) is 56.9 Å². The Balaban J connectivity index is 2.35. The molecule has 0 aliphatic heterocycles. The first kappa shape index (κ1) is 20.1. The van der Waals surface area contributed by atoms with Crippen molar-refractivity contribution in [2.75, 3.05) is 6.54 Å². The Bertz CT molecular complexity index is 588. The molecule has 0 heterocycles. The first-order valence-corrected chi connectivity index (χ1v) is 10.2. The Hall–Kier alpha value is -0.920. The van der Waals surface area contributed by atoms with Crippen molar-refractivity contribution in [3.63, 3.8) is 0 Å². The lowest BCUT2D eigenvalue weighted by molar-refractivity contribution is -0.121. The molecule has 1 unspecified atom stereocenters. The minimum absolute atomic E-state index is 0.0892. The van der Waals surface area contributed by atoms with Gasteiger partial charge < -0.3 is 5.32 Å². The SMILES string of the molecule is CCCCCC(C)NC(=O)CCNS(=O)(=O)c1ccc(Br)cc1. The maximum absolute atomic E-state index is 12.1. The van der Waals surface area contributed by atoms with Gasteiger partial charge in [-0.25, -0.2) is 13.1 Å². The van der Waals surface area contributed by atoms with E-state index >= 15 is 0 Å². The van der Waals surface area contributed by atoms with Crippen molar-refractivity contribution in [3.8, 4) is 0 Å². The van der Waals surface area contributed by atoms with Crippen LogP contribution in [0, 0.1) is 0 Å². The number of nitrogens with one attached hydrogen (secondary N) is 2. The Morgan fingerprint density at radius 1 is 1.22 bits per heavy atom. The maximum Gasteiger partial charge on any atom is 0.240 e. The van der Waals surface area contributed by atoms with Gasteiger partial charge in [0.2, 0.25) is 15.9 Å². The van der Waals surface area contributed by atoms with Crippen molar-refractivity contribution >= 4 is 31.9 Å². The average Bonchev–Trinajstić information content (AvgIpc) is 2.47. The molecule has 0 aliphatic rings. The summed E-state index contributed by atoms with van der Waals surface area (Å²) >= 11 is 3.26. The number of halogens is 1. The second-order valence-corrected chi connectivity index (χ2v) is 8.25. The number of sulfonamides is 1. The highest BCUT2D eigenvalue weighted by Crippen LogP contribution is 2.14. The van der Waals surface area contributed by atoms with Crippen molar-refractivity contribution in [2.24, 2.45) is 0 Å². The molecule has 5 nitrogen and oxygen atoms in total. The molecule has 1 rings (SSSR count). The third-order valence-corrected chi connectivity index (χ3v) is 5.42. The minimum Gasteiger partial charge on any atom is -0.354 e. The number of carbonyl (C=O) groups excluding carboxylic acids is 1. The van der Waals surface area contributed by atoms with Crippen LogP contribution in [0.4, 0.5) is 0 Å². The van der Waals surface area contributed by atoms with Gasteiger partial charge in [0.25, 0.3) is 0 Å². The number of rotatable bonds is 10. The van der Waals surface area contributed by atoms with Gasteiger partial charge in [-0.2, -0.15) is 0 Å². The molecule has 130 valence electrons. The molecule has 7 heteroatoms. The fourth-order valence-electron chi connectivity index (χ4n) is 2.12. The van der Waals surface area contributed by atoms with Gasteiger partial charge in [0.15, 0.2) is 0 Å². The van der Waals surface area contributed by atoms with Crippen molar-refractivity contribution in [3.05, 3.63) is 28.7 Å². The lowest BCUT2D eigenvalue weighted by Gasteiger charge is -2.13. The molecule has 1 aromatic carbocycles. The fraction of sp³-hybridized carbons (Fsp3) is 0.562. The van der Waals surface area contributed by atoms with Crippen LogP contribution in [0.2, 0.25) is 0 Å². The van der Waals surface area contributed by atoms with Crippen LogP contribution in [-0.4, -0.2) is 26.9 Å². The quantitative estimate of drug-likeness (QED) is 0.587. The molecule has 0 aliphatic carbocycles. The topological polar surface area (TPSA) is 75.3 Å². The average molecular weight is 405 g/mol. The van der Waals surface area contributed by atoms with Crippen LogP contribution < -0.4 is 10.0 Å². The molecule has 2 N–H and O–H groups in total. The van der Waals surface area contributed by atoms with E-state index in [2.05, 4.69) is 32.9 Å². The molecule has 0 spiro atoms. The Morgan fingerprint density at radius 3 is 2.48 bits per heavy atom. The van der Waals surface area contributed by atoms with Gasteiger partial charge in [-0.3, -0.25) is 4.79 Å². The van der Waals surface area contributed by atoms with Gasteiger partial charge in [-0.05, 0) is 37.6 Å². The molecule has 23 heavy (non-hydrogen) atoms. The highest BCUT2D eigenvalue weighted by atomic mass is 79.9. The minimum atomic E-state index is -3.57. The molecule has 1 aromatic rings. The van der Waals surface area contributed by atoms with E-state index in [1.54, 1.807) is 12.1 Å². The molecular formula is C16H25BrN2O3S. The third kappa shape index (κ3) is 7.94. The Morgan fingerprint density at radius 2 is 1.87 bits per heavy atom. The molecule has 1 atom stereocenters. The van der Waals surface area contributed by atoms with Crippen molar-refractivity contribution in [1.82, 2.24) is 10.0 Å². The third-order valence-electron chi connectivity index (χ3n) is 3.42. The number of carbonyl (C=O) groups is 1. The number of benzene rings is 1. The first-order valence-electron chi connectivity index (χ1n) is 7.89. The van der Waals surface area contributed by atoms with Gasteiger partial charge in [-0.1, -0.05) is 42.1 Å². The van der Waals surface area contributed by atoms with Crippen molar-refractivity contribution in [1.29, 1.82) is 0 Å². The van der Waals surface area contributed by atoms with E-state index in [0.29, 0.717) is 0 Å². The van der Waals surface area contributed by atoms with E-state index in [1.807, 2.05) is 6.92 Å². The molecule has 0 bridgehead atoms. The molecule has 0 saturated carbocycles. The number of hydrogen-bond acceptors (Lipinski definition) is 3. The number of unbranched alkanes of at least 4 members (excludes halogenated alkanes) is 2. The summed E-state index contributed by atoms with van der Waals surface area (Å²) in [5.41, 5.74) is 0. The zero-order chi connectivity index (χ0) is 17.3. The molecule has 0 fully saturated rings. The normalized spacial score (nSPS) is 12.8. The van der Waals surface area contributed by atoms with Gasteiger partial charge in [0, 0.05) is 23.5 Å². The molecule has 0 aromatic heterocycles. The van der Waals surface area contributed by atoms with E-state index in [-0.39, 0.29) is 29.8 Å². The fourth-order valence-corrected chi connectivity index (χ4v) is 3.41. The molecule has 1 amide bonds. The van der Waals surface area contributed by atoms with Gasteiger partial charge >= 0.3 is 0 Å². The smallest absolute Gasteiger partial charge is 0.240 e. The molecule has 0 saturated heterocycles. The predicted octanol–water partition coefficient (Wildman–Crippen LogP) is 3.20. The summed E-state index contributed by atoms with van der Waals surface area (Å²) in [6.45, 7) is 4.20. The Kier molecular flexibility index (Phi) is 8.79. The summed E-state index contributed by atoms with van der Waals surface area (Å²) in [5, 5.41) is 2.89. The van der Waals surface area contributed by atoms with Gasteiger partial charge in [0.1, 0.15) is 0 Å². The van der Waals surface area contributed by atoms with E-state index in [1.165, 1.54) is 12.1 Å². The highest BCUT2D eigenvalue weighted by molar-refractivity contribution is 9.10. The van der Waals surface area contributed by atoms with Gasteiger partial charge in [-0.15, -0.1) is 0 Å². The maximum atomic E-state index is 12.1. The van der Waals surface area contributed by atoms with E-state index < -0.39 is 10.0 Å². The molecule has 0 radical (unpaired) electrons. The summed E-state index contributed by atoms with van der Waals surface area (Å²) in [6.07, 6.45) is 4.48. The van der Waals surface area contributed by atoms with E-state index in [4.69, 9.17) is 0 Å². The van der Waals surface area contributed by atoms with Crippen LogP contribution in [0.3, 0.4) is 0 Å². The lowest BCUT2D eigenvalue weighted by atomic mass is 10.1. The zero-order valence-electron chi connectivity index (χ0n) is 13.6. The summed E-state index contributed by atoms with van der Waals surface area (Å²) < 4.78 is 27.4. The summed E-state index contributed by atoms with van der Waals surface area (Å²) in [6, 6.07) is 6.49. The monoisotopic (exact) mass is 404 g/mol. The highest BCUT2D eigenvalue weighted by Gasteiger charge is 2.14. The standard InChI is InChI=1S/C16H25BrN2O3S/c1-3-4-5-6-13(2)19-16(20)11-12-18-23(21,22)15-9-7-14(17)8-10-15/h7-10,13,18H,3-6,11-12H2,1-2H3,(H,19,20). The number of amides is 1. The van der Waals surface area contributed by atoms with Crippen LogP contribution in [0.15, 0.2) is 33.6 Å². The van der Waals surface area contributed by atoms with Gasteiger partial charge in [0.05, 0.1) is 4.90 Å². The predicted molar refractivity (Wildman–Crippen MR) is 95.7 cm³/mol. The van der Waals surface area contributed by atoms with Crippen LogP contribution in [0.25, 0.3) is 0 Å². The summed E-state index contributed by atoms with van der Waals surface area (Å²) in [7, 11) is -3.57. The van der Waals surface area contributed by atoms with Crippen LogP contribution in [-0.2, 0) is 14.8 Å². The zero-order valence-corrected chi connectivity index (χ0v) is 16.0. The largest absolute Gasteiger partial charge is 0.354 e. The Labute approximate surface area is 147 Å². The number of hydrogen-bond donors (Lipinski definition) is 2. The lowest BCUT2D eigenvalue weighted by Crippen LogP contribution is -2.35. The van der Waals surface area contributed by atoms with E-state index in [9.17, 15) is 13.2 Å². The molecular weight excluding hydrogens is 380 g/mol. The summed E-state index contributed by atoms with van der Waals surface area (Å²) in [4.78, 5) is 12.0. The second kappa shape index (κ2) is 10.1. The van der Waals surface area contributed by atoms with Crippen LogP contribution in [0.5, 0.6) is 0 Å². The second-order valence-electron chi connectivity index (χ2n) is 5.57. The van der Waals surface area contributed by atoms with Crippen molar-refractivity contribution < 1.29 is 13.2 Å². The van der Waals surface area contributed by atoms with Crippen LogP contribution in [0.1, 0.15) is 46.0 Å².